The lowest BCUT2D eigenvalue weighted by atomic mass is 10.2. The van der Waals surface area contributed by atoms with Crippen LogP contribution in [0.5, 0.6) is 0 Å². The van der Waals surface area contributed by atoms with Crippen LogP contribution in [0.1, 0.15) is 40.5 Å². The molecule has 0 spiro atoms. The molecule has 0 aliphatic carbocycles. The molecule has 0 saturated heterocycles. The third-order valence-electron chi connectivity index (χ3n) is 2.34. The van der Waals surface area contributed by atoms with Crippen molar-refractivity contribution in [3.8, 4) is 0 Å². The van der Waals surface area contributed by atoms with Crippen molar-refractivity contribution in [2.75, 3.05) is 12.3 Å². The normalized spacial score (nSPS) is 14.6. The molecule has 0 aromatic carbocycles. The van der Waals surface area contributed by atoms with Crippen LogP contribution in [0, 0.1) is 0 Å². The molecule has 0 bridgehead atoms. The van der Waals surface area contributed by atoms with Gasteiger partial charge in [-0.3, -0.25) is 0 Å². The summed E-state index contributed by atoms with van der Waals surface area (Å²) in [4.78, 5) is 0. The summed E-state index contributed by atoms with van der Waals surface area (Å²) in [5.74, 6) is 0.320. The molecule has 0 fully saturated rings. The summed E-state index contributed by atoms with van der Waals surface area (Å²) < 4.78 is 22.9. The first-order valence-corrected chi connectivity index (χ1v) is 7.06. The Balaban J connectivity index is 3.74. The molecule has 4 heteroatoms. The second-order valence-electron chi connectivity index (χ2n) is 4.02. The predicted octanol–water partition coefficient (Wildman–Crippen LogP) is 1.59. The molecule has 0 rings (SSSR count). The van der Waals surface area contributed by atoms with Crippen molar-refractivity contribution < 1.29 is 8.42 Å². The number of nitrogens with one attached hydrogen (secondary N) is 1. The molecule has 0 aliphatic rings. The predicted molar refractivity (Wildman–Crippen MR) is 61.3 cm³/mol. The summed E-state index contributed by atoms with van der Waals surface area (Å²) in [5.41, 5.74) is 0. The van der Waals surface area contributed by atoms with Gasteiger partial charge < -0.3 is 5.32 Å². The van der Waals surface area contributed by atoms with E-state index < -0.39 is 9.84 Å². The fourth-order valence-corrected chi connectivity index (χ4v) is 2.32. The van der Waals surface area contributed by atoms with Gasteiger partial charge in [-0.05, 0) is 40.2 Å². The molecule has 0 aliphatic heterocycles. The molecule has 1 N–H and O–H groups in total. The molecular weight excluding hydrogens is 198 g/mol. The van der Waals surface area contributed by atoms with Crippen LogP contribution in [-0.4, -0.2) is 32.0 Å². The first-order chi connectivity index (χ1) is 6.40. The lowest BCUT2D eigenvalue weighted by Gasteiger charge is -2.12. The summed E-state index contributed by atoms with van der Waals surface area (Å²) in [5, 5.41) is 3.03. The van der Waals surface area contributed by atoms with Crippen LogP contribution in [0.4, 0.5) is 0 Å². The Hall–Kier alpha value is -0.0900. The highest BCUT2D eigenvalue weighted by atomic mass is 32.2. The lowest BCUT2D eigenvalue weighted by molar-refractivity contribution is 0.520. The van der Waals surface area contributed by atoms with Gasteiger partial charge in [0, 0.05) is 6.04 Å². The van der Waals surface area contributed by atoms with E-state index in [1.807, 2.05) is 0 Å². The smallest absolute Gasteiger partial charge is 0.152 e. The van der Waals surface area contributed by atoms with Crippen molar-refractivity contribution in [1.29, 1.82) is 0 Å². The van der Waals surface area contributed by atoms with Gasteiger partial charge >= 0.3 is 0 Å². The third kappa shape index (κ3) is 5.60. The fraction of sp³-hybridized carbons (Fsp3) is 1.00. The van der Waals surface area contributed by atoms with Gasteiger partial charge in [-0.25, -0.2) is 8.42 Å². The first kappa shape index (κ1) is 13.9. The highest BCUT2D eigenvalue weighted by Crippen LogP contribution is 2.05. The van der Waals surface area contributed by atoms with E-state index in [-0.39, 0.29) is 5.25 Å². The molecule has 0 amide bonds. The molecule has 1 unspecified atom stereocenters. The van der Waals surface area contributed by atoms with Gasteiger partial charge in [0.15, 0.2) is 9.84 Å². The molecule has 14 heavy (non-hydrogen) atoms. The van der Waals surface area contributed by atoms with Gasteiger partial charge in [0.2, 0.25) is 0 Å². The number of hydrogen-bond acceptors (Lipinski definition) is 3. The van der Waals surface area contributed by atoms with Crippen molar-refractivity contribution in [2.45, 2.75) is 51.8 Å². The summed E-state index contributed by atoms with van der Waals surface area (Å²) >= 11 is 0. The van der Waals surface area contributed by atoms with Crippen molar-refractivity contribution in [3.63, 3.8) is 0 Å². The SMILES string of the molecule is CCNC(C)CCCS(=O)(=O)C(C)C. The Labute approximate surface area is 88.2 Å². The quantitative estimate of drug-likeness (QED) is 0.710. The molecule has 1 atom stereocenters. The molecule has 0 radical (unpaired) electrons. The van der Waals surface area contributed by atoms with Crippen LogP contribution in [0.15, 0.2) is 0 Å². The molecule has 3 nitrogen and oxygen atoms in total. The summed E-state index contributed by atoms with van der Waals surface area (Å²) in [6.07, 6.45) is 1.69. The van der Waals surface area contributed by atoms with Gasteiger partial charge in [0.1, 0.15) is 0 Å². The maximum Gasteiger partial charge on any atom is 0.152 e. The zero-order valence-corrected chi connectivity index (χ0v) is 10.5. The third-order valence-corrected chi connectivity index (χ3v) is 4.63. The van der Waals surface area contributed by atoms with Gasteiger partial charge in [-0.2, -0.15) is 0 Å². The average Bonchev–Trinajstić information content (AvgIpc) is 2.04. The van der Waals surface area contributed by atoms with Crippen LogP contribution in [-0.2, 0) is 9.84 Å². The lowest BCUT2D eigenvalue weighted by Crippen LogP contribution is -2.26. The topological polar surface area (TPSA) is 46.2 Å². The monoisotopic (exact) mass is 221 g/mol. The molecule has 0 aromatic rings. The van der Waals surface area contributed by atoms with Crippen molar-refractivity contribution >= 4 is 9.84 Å². The molecule has 0 aromatic heterocycles. The number of sulfone groups is 1. The van der Waals surface area contributed by atoms with Gasteiger partial charge in [-0.15, -0.1) is 0 Å². The van der Waals surface area contributed by atoms with E-state index in [1.54, 1.807) is 13.8 Å². The van der Waals surface area contributed by atoms with Crippen molar-refractivity contribution in [3.05, 3.63) is 0 Å². The van der Waals surface area contributed by atoms with Gasteiger partial charge in [0.25, 0.3) is 0 Å². The highest BCUT2D eigenvalue weighted by Gasteiger charge is 2.15. The second-order valence-corrected chi connectivity index (χ2v) is 6.69. The zero-order valence-electron chi connectivity index (χ0n) is 9.71. The highest BCUT2D eigenvalue weighted by molar-refractivity contribution is 7.91. The van der Waals surface area contributed by atoms with E-state index in [0.29, 0.717) is 11.8 Å². The van der Waals surface area contributed by atoms with E-state index in [9.17, 15) is 8.42 Å². The maximum atomic E-state index is 11.4. The van der Waals surface area contributed by atoms with Gasteiger partial charge in [-0.1, -0.05) is 6.92 Å². The van der Waals surface area contributed by atoms with E-state index in [2.05, 4.69) is 19.2 Å². The van der Waals surface area contributed by atoms with Crippen molar-refractivity contribution in [1.82, 2.24) is 5.32 Å². The number of hydrogen-bond donors (Lipinski definition) is 1. The molecule has 0 saturated carbocycles. The second kappa shape index (κ2) is 6.40. The average molecular weight is 221 g/mol. The fourth-order valence-electron chi connectivity index (χ4n) is 1.28. The molecule has 86 valence electrons. The van der Waals surface area contributed by atoms with E-state index in [1.165, 1.54) is 0 Å². The van der Waals surface area contributed by atoms with Crippen molar-refractivity contribution in [2.24, 2.45) is 0 Å². The Morgan fingerprint density at radius 1 is 1.21 bits per heavy atom. The summed E-state index contributed by atoms with van der Waals surface area (Å²) in [6, 6.07) is 0.419. The van der Waals surface area contributed by atoms with Crippen LogP contribution in [0.2, 0.25) is 0 Å². The van der Waals surface area contributed by atoms with Gasteiger partial charge in [0.05, 0.1) is 11.0 Å². The molecular formula is C10H23NO2S. The Morgan fingerprint density at radius 2 is 1.79 bits per heavy atom. The van der Waals surface area contributed by atoms with Crippen LogP contribution < -0.4 is 5.32 Å². The summed E-state index contributed by atoms with van der Waals surface area (Å²) in [7, 11) is -2.84. The Bertz CT molecular complexity index is 235. The van der Waals surface area contributed by atoms with Crippen LogP contribution in [0.25, 0.3) is 0 Å². The minimum atomic E-state index is -2.84. The Morgan fingerprint density at radius 3 is 2.21 bits per heavy atom. The van der Waals surface area contributed by atoms with E-state index in [4.69, 9.17) is 0 Å². The molecule has 0 heterocycles. The van der Waals surface area contributed by atoms with Crippen LogP contribution in [0.3, 0.4) is 0 Å². The van der Waals surface area contributed by atoms with E-state index >= 15 is 0 Å². The Kier molecular flexibility index (Phi) is 6.36. The maximum absolute atomic E-state index is 11.4. The largest absolute Gasteiger partial charge is 0.315 e. The summed E-state index contributed by atoms with van der Waals surface area (Å²) in [6.45, 7) is 8.57. The first-order valence-electron chi connectivity index (χ1n) is 5.35. The van der Waals surface area contributed by atoms with Crippen LogP contribution >= 0.6 is 0 Å². The number of rotatable bonds is 7. The van der Waals surface area contributed by atoms with E-state index in [0.717, 1.165) is 19.4 Å². The minimum Gasteiger partial charge on any atom is -0.315 e. The standard InChI is InChI=1S/C10H23NO2S/c1-5-11-10(4)7-6-8-14(12,13)9(2)3/h9-11H,5-8H2,1-4H3. The zero-order chi connectivity index (χ0) is 11.2. The minimum absolute atomic E-state index is 0.239.